The number of hydrogen-bond acceptors (Lipinski definition) is 3. The van der Waals surface area contributed by atoms with Crippen LogP contribution in [0.4, 0.5) is 9.18 Å². The number of rotatable bonds is 2. The quantitative estimate of drug-likeness (QED) is 0.851. The first-order valence-electron chi connectivity index (χ1n) is 7.86. The van der Waals surface area contributed by atoms with E-state index in [4.69, 9.17) is 4.74 Å². The Labute approximate surface area is 134 Å². The van der Waals surface area contributed by atoms with Crippen LogP contribution < -0.4 is 5.32 Å². The van der Waals surface area contributed by atoms with E-state index in [9.17, 15) is 14.0 Å². The number of esters is 1. The van der Waals surface area contributed by atoms with E-state index in [0.717, 1.165) is 5.56 Å². The normalized spacial score (nSPS) is 26.0. The van der Waals surface area contributed by atoms with Crippen molar-refractivity contribution in [2.45, 2.75) is 32.2 Å². The Kier molecular flexibility index (Phi) is 4.00. The molecule has 2 amide bonds. The highest BCUT2D eigenvalue weighted by molar-refractivity contribution is 5.80. The van der Waals surface area contributed by atoms with E-state index in [1.54, 1.807) is 11.0 Å². The number of methoxy groups -OCH3 is 1. The molecule has 2 aliphatic rings. The molecule has 1 saturated heterocycles. The van der Waals surface area contributed by atoms with Crippen LogP contribution in [0.15, 0.2) is 18.2 Å². The maximum Gasteiger partial charge on any atom is 0.317 e. The van der Waals surface area contributed by atoms with Gasteiger partial charge < -0.3 is 15.0 Å². The molecule has 1 heterocycles. The first-order valence-corrected chi connectivity index (χ1v) is 7.86. The molecule has 0 spiro atoms. The van der Waals surface area contributed by atoms with Gasteiger partial charge in [0.25, 0.3) is 0 Å². The highest BCUT2D eigenvalue weighted by Crippen LogP contribution is 2.34. The minimum absolute atomic E-state index is 0.168. The summed E-state index contributed by atoms with van der Waals surface area (Å²) < 4.78 is 18.6. The zero-order chi connectivity index (χ0) is 16.6. The number of likely N-dealkylation sites (tertiary alicyclic amines) is 1. The molecule has 1 aromatic rings. The highest BCUT2D eigenvalue weighted by atomic mass is 19.1. The number of carbonyl (C=O) groups is 2. The first-order chi connectivity index (χ1) is 10.9. The predicted molar refractivity (Wildman–Crippen MR) is 82.3 cm³/mol. The van der Waals surface area contributed by atoms with E-state index in [0.29, 0.717) is 37.9 Å². The van der Waals surface area contributed by atoms with Gasteiger partial charge in [-0.3, -0.25) is 4.79 Å². The smallest absolute Gasteiger partial charge is 0.317 e. The van der Waals surface area contributed by atoms with E-state index in [1.165, 1.54) is 13.2 Å². The summed E-state index contributed by atoms with van der Waals surface area (Å²) in [7, 11) is 1.36. The van der Waals surface area contributed by atoms with Gasteiger partial charge in [0.1, 0.15) is 5.82 Å². The fourth-order valence-electron chi connectivity index (χ4n) is 3.55. The Morgan fingerprint density at radius 3 is 2.96 bits per heavy atom. The largest absolute Gasteiger partial charge is 0.469 e. The van der Waals surface area contributed by atoms with Crippen LogP contribution in [0.3, 0.4) is 0 Å². The second-order valence-corrected chi connectivity index (χ2v) is 6.57. The monoisotopic (exact) mass is 320 g/mol. The number of benzene rings is 1. The molecule has 6 heteroatoms. The summed E-state index contributed by atoms with van der Waals surface area (Å²) >= 11 is 0. The van der Waals surface area contributed by atoms with Gasteiger partial charge in [-0.15, -0.1) is 0 Å². The molecule has 124 valence electrons. The van der Waals surface area contributed by atoms with Crippen molar-refractivity contribution in [3.63, 3.8) is 0 Å². The summed E-state index contributed by atoms with van der Waals surface area (Å²) in [4.78, 5) is 25.9. The minimum Gasteiger partial charge on any atom is -0.469 e. The van der Waals surface area contributed by atoms with E-state index in [1.807, 2.05) is 13.0 Å². The third-order valence-corrected chi connectivity index (χ3v) is 4.95. The molecule has 1 aromatic carbocycles. The molecule has 0 aromatic heterocycles. The van der Waals surface area contributed by atoms with Gasteiger partial charge in [0, 0.05) is 13.1 Å². The van der Waals surface area contributed by atoms with E-state index >= 15 is 0 Å². The number of carbonyl (C=O) groups excluding carboxylic acids is 2. The average Bonchev–Trinajstić information content (AvgIpc) is 3.13. The molecule has 3 rings (SSSR count). The van der Waals surface area contributed by atoms with Gasteiger partial charge >= 0.3 is 12.0 Å². The van der Waals surface area contributed by atoms with E-state index in [-0.39, 0.29) is 23.9 Å². The standard InChI is InChI=1S/C17H21FN2O3/c1-17(15(21)23-2)8-9-20(10-17)16(22)19-14-7-6-11-12(14)4-3-5-13(11)18/h3-5,14H,6-10H2,1-2H3,(H,19,22)/t14-,17-/m1/s1. The second kappa shape index (κ2) is 5.83. The van der Waals surface area contributed by atoms with Gasteiger partial charge in [0.05, 0.1) is 18.6 Å². The van der Waals surface area contributed by atoms with Gasteiger partial charge in [0.2, 0.25) is 0 Å². The van der Waals surface area contributed by atoms with Gasteiger partial charge in [0.15, 0.2) is 0 Å². The van der Waals surface area contributed by atoms with Crippen LogP contribution in [-0.2, 0) is 16.0 Å². The van der Waals surface area contributed by atoms with E-state index < -0.39 is 5.41 Å². The summed E-state index contributed by atoms with van der Waals surface area (Å²) in [6.45, 7) is 2.67. The molecule has 1 aliphatic carbocycles. The molecule has 2 atom stereocenters. The lowest BCUT2D eigenvalue weighted by Gasteiger charge is -2.24. The lowest BCUT2D eigenvalue weighted by molar-refractivity contribution is -0.150. The number of halogens is 1. The first kappa shape index (κ1) is 15.8. The molecule has 5 nitrogen and oxygen atoms in total. The summed E-state index contributed by atoms with van der Waals surface area (Å²) in [6, 6.07) is 4.60. The van der Waals surface area contributed by atoms with Crippen molar-refractivity contribution < 1.29 is 18.7 Å². The number of amides is 2. The van der Waals surface area contributed by atoms with Crippen LogP contribution in [0, 0.1) is 11.2 Å². The molecular weight excluding hydrogens is 299 g/mol. The number of urea groups is 1. The maximum absolute atomic E-state index is 13.8. The number of fused-ring (bicyclic) bond motifs is 1. The molecule has 0 saturated carbocycles. The van der Waals surface area contributed by atoms with Crippen molar-refractivity contribution in [3.05, 3.63) is 35.1 Å². The van der Waals surface area contributed by atoms with Crippen LogP contribution in [0.25, 0.3) is 0 Å². The summed E-state index contributed by atoms with van der Waals surface area (Å²) in [5, 5.41) is 2.97. The maximum atomic E-state index is 13.8. The van der Waals surface area contributed by atoms with Crippen LogP contribution in [0.5, 0.6) is 0 Å². The van der Waals surface area contributed by atoms with Crippen molar-refractivity contribution in [1.29, 1.82) is 0 Å². The molecule has 0 bridgehead atoms. The number of ether oxygens (including phenoxy) is 1. The van der Waals surface area contributed by atoms with Crippen molar-refractivity contribution in [3.8, 4) is 0 Å². The third kappa shape index (κ3) is 2.78. The Balaban J connectivity index is 1.66. The molecule has 23 heavy (non-hydrogen) atoms. The average molecular weight is 320 g/mol. The second-order valence-electron chi connectivity index (χ2n) is 6.57. The Morgan fingerprint density at radius 1 is 1.43 bits per heavy atom. The highest BCUT2D eigenvalue weighted by Gasteiger charge is 2.43. The lowest BCUT2D eigenvalue weighted by Crippen LogP contribution is -2.42. The molecule has 1 aliphatic heterocycles. The molecule has 1 fully saturated rings. The molecular formula is C17H21FN2O3. The Bertz CT molecular complexity index is 649. The fraction of sp³-hybridized carbons (Fsp3) is 0.529. The zero-order valence-corrected chi connectivity index (χ0v) is 13.4. The van der Waals surface area contributed by atoms with Crippen molar-refractivity contribution in [2.24, 2.45) is 5.41 Å². The lowest BCUT2D eigenvalue weighted by atomic mass is 9.90. The van der Waals surface area contributed by atoms with Crippen LogP contribution in [0.2, 0.25) is 0 Å². The fourth-order valence-corrected chi connectivity index (χ4v) is 3.55. The number of nitrogens with zero attached hydrogens (tertiary/aromatic N) is 1. The Morgan fingerprint density at radius 2 is 2.22 bits per heavy atom. The SMILES string of the molecule is COC(=O)[C@]1(C)CCN(C(=O)N[C@@H]2CCc3c(F)cccc32)C1. The van der Waals surface area contributed by atoms with Crippen molar-refractivity contribution >= 4 is 12.0 Å². The topological polar surface area (TPSA) is 58.6 Å². The third-order valence-electron chi connectivity index (χ3n) is 4.95. The van der Waals surface area contributed by atoms with Gasteiger partial charge in [-0.25, -0.2) is 9.18 Å². The van der Waals surface area contributed by atoms with E-state index in [2.05, 4.69) is 5.32 Å². The summed E-state index contributed by atoms with van der Waals surface area (Å²) in [5.41, 5.74) is 0.901. The van der Waals surface area contributed by atoms with Gasteiger partial charge in [-0.05, 0) is 43.4 Å². The van der Waals surface area contributed by atoms with Crippen LogP contribution >= 0.6 is 0 Å². The van der Waals surface area contributed by atoms with Gasteiger partial charge in [-0.2, -0.15) is 0 Å². The minimum atomic E-state index is -0.647. The molecule has 0 unspecified atom stereocenters. The number of nitrogens with one attached hydrogen (secondary N) is 1. The Hall–Kier alpha value is -2.11. The molecule has 0 radical (unpaired) electrons. The summed E-state index contributed by atoms with van der Waals surface area (Å²) in [6.07, 6.45) is 1.92. The van der Waals surface area contributed by atoms with Crippen molar-refractivity contribution in [1.82, 2.24) is 10.2 Å². The van der Waals surface area contributed by atoms with Crippen molar-refractivity contribution in [2.75, 3.05) is 20.2 Å². The summed E-state index contributed by atoms with van der Waals surface area (Å²) in [5.74, 6) is -0.500. The number of hydrogen-bond donors (Lipinski definition) is 1. The van der Waals surface area contributed by atoms with Crippen LogP contribution in [-0.4, -0.2) is 37.1 Å². The molecule has 1 N–H and O–H groups in total. The van der Waals surface area contributed by atoms with Gasteiger partial charge in [-0.1, -0.05) is 12.1 Å². The predicted octanol–water partition coefficient (Wildman–Crippen LogP) is 2.41. The van der Waals surface area contributed by atoms with Crippen LogP contribution in [0.1, 0.15) is 36.9 Å². The zero-order valence-electron chi connectivity index (χ0n) is 13.4.